The zero-order valence-corrected chi connectivity index (χ0v) is 15.5. The maximum atomic E-state index is 13.2. The van der Waals surface area contributed by atoms with Gasteiger partial charge in [-0.3, -0.25) is 4.79 Å². The first-order valence-corrected chi connectivity index (χ1v) is 9.45. The minimum atomic E-state index is -0.0942. The van der Waals surface area contributed by atoms with Gasteiger partial charge in [0.1, 0.15) is 5.82 Å². The monoisotopic (exact) mass is 357 g/mol. The third-order valence-electron chi connectivity index (χ3n) is 4.98. The number of aryl methyl sites for hydroxylation is 1. The first kappa shape index (κ1) is 17.3. The number of para-hydroxylation sites is 2. The number of benzene rings is 2. The molecule has 4 nitrogen and oxygen atoms in total. The van der Waals surface area contributed by atoms with Crippen molar-refractivity contribution < 1.29 is 4.79 Å². The predicted molar refractivity (Wildman–Crippen MR) is 111 cm³/mol. The number of aromatic nitrogens is 1. The molecule has 4 rings (SSSR count). The lowest BCUT2D eigenvalue weighted by molar-refractivity contribution is 0.102. The van der Waals surface area contributed by atoms with Gasteiger partial charge in [0.05, 0.1) is 11.1 Å². The van der Waals surface area contributed by atoms with Gasteiger partial charge in [-0.1, -0.05) is 55.5 Å². The van der Waals surface area contributed by atoms with E-state index in [1.807, 2.05) is 54.6 Å². The van der Waals surface area contributed by atoms with E-state index in [0.717, 1.165) is 53.9 Å². The number of amides is 1. The molecule has 0 bridgehead atoms. The van der Waals surface area contributed by atoms with E-state index >= 15 is 0 Å². The summed E-state index contributed by atoms with van der Waals surface area (Å²) in [4.78, 5) is 20.2. The van der Waals surface area contributed by atoms with E-state index in [-0.39, 0.29) is 5.91 Å². The van der Waals surface area contributed by atoms with Crippen molar-refractivity contribution in [1.29, 1.82) is 0 Å². The van der Waals surface area contributed by atoms with Gasteiger partial charge in [-0.2, -0.15) is 0 Å². The van der Waals surface area contributed by atoms with Gasteiger partial charge in [0.25, 0.3) is 5.91 Å². The smallest absolute Gasteiger partial charge is 0.256 e. The maximum absolute atomic E-state index is 13.2. The molecule has 1 aromatic heterocycles. The zero-order chi connectivity index (χ0) is 18.6. The Morgan fingerprint density at radius 3 is 2.74 bits per heavy atom. The largest absolute Gasteiger partial charge is 0.353 e. The van der Waals surface area contributed by atoms with Crippen LogP contribution in [-0.2, 0) is 6.42 Å². The fourth-order valence-corrected chi connectivity index (χ4v) is 3.50. The van der Waals surface area contributed by atoms with Crippen molar-refractivity contribution in [2.75, 3.05) is 23.3 Å². The summed E-state index contributed by atoms with van der Waals surface area (Å²) in [5.74, 6) is 0.760. The van der Waals surface area contributed by atoms with Crippen LogP contribution in [0.25, 0.3) is 10.9 Å². The molecule has 1 N–H and O–H groups in total. The molecule has 2 aromatic carbocycles. The van der Waals surface area contributed by atoms with Gasteiger partial charge in [0.15, 0.2) is 0 Å². The van der Waals surface area contributed by atoms with E-state index in [9.17, 15) is 4.79 Å². The van der Waals surface area contributed by atoms with E-state index in [0.29, 0.717) is 5.56 Å². The molecule has 1 aliphatic heterocycles. The van der Waals surface area contributed by atoms with Crippen LogP contribution < -0.4 is 10.2 Å². The summed E-state index contributed by atoms with van der Waals surface area (Å²) in [5.41, 5.74) is 3.51. The highest BCUT2D eigenvalue weighted by atomic mass is 16.1. The highest BCUT2D eigenvalue weighted by Crippen LogP contribution is 2.26. The molecule has 0 unspecified atom stereocenters. The Bertz CT molecular complexity index is 1010. The summed E-state index contributed by atoms with van der Waals surface area (Å²) in [5, 5.41) is 3.98. The summed E-state index contributed by atoms with van der Waals surface area (Å²) in [7, 11) is 0. The van der Waals surface area contributed by atoms with Gasteiger partial charge in [0, 0.05) is 24.2 Å². The molecular formula is C23H23N3O. The van der Waals surface area contributed by atoms with E-state index in [1.165, 1.54) is 0 Å². The summed E-state index contributed by atoms with van der Waals surface area (Å²) in [6, 6.07) is 17.7. The number of anilines is 2. The fourth-order valence-electron chi connectivity index (χ4n) is 3.50. The Hall–Kier alpha value is -3.14. The van der Waals surface area contributed by atoms with E-state index in [2.05, 4.69) is 29.3 Å². The van der Waals surface area contributed by atoms with Crippen molar-refractivity contribution in [3.63, 3.8) is 0 Å². The maximum Gasteiger partial charge on any atom is 0.256 e. The van der Waals surface area contributed by atoms with Crippen LogP contribution in [0.5, 0.6) is 0 Å². The van der Waals surface area contributed by atoms with Crippen LogP contribution in [0.3, 0.4) is 0 Å². The van der Waals surface area contributed by atoms with Crippen molar-refractivity contribution in [3.05, 3.63) is 77.9 Å². The minimum Gasteiger partial charge on any atom is -0.353 e. The summed E-state index contributed by atoms with van der Waals surface area (Å²) in [6.45, 7) is 3.83. The quantitative estimate of drug-likeness (QED) is 0.681. The highest BCUT2D eigenvalue weighted by molar-refractivity contribution is 6.13. The average molecular weight is 357 g/mol. The molecule has 2 heterocycles. The van der Waals surface area contributed by atoms with Gasteiger partial charge in [0.2, 0.25) is 0 Å². The topological polar surface area (TPSA) is 45.2 Å². The lowest BCUT2D eigenvalue weighted by Gasteiger charge is -2.25. The van der Waals surface area contributed by atoms with Crippen LogP contribution in [0.4, 0.5) is 11.5 Å². The minimum absolute atomic E-state index is 0.0942. The molecule has 27 heavy (non-hydrogen) atoms. The lowest BCUT2D eigenvalue weighted by Crippen LogP contribution is -2.28. The second-order valence-electron chi connectivity index (χ2n) is 6.72. The highest BCUT2D eigenvalue weighted by Gasteiger charge is 2.17. The third kappa shape index (κ3) is 3.56. The number of pyridine rings is 1. The number of carbonyl (C=O) groups excluding carboxylic acids is 1. The van der Waals surface area contributed by atoms with E-state index in [4.69, 9.17) is 4.98 Å². The van der Waals surface area contributed by atoms with Gasteiger partial charge in [-0.25, -0.2) is 4.98 Å². The molecule has 0 spiro atoms. The van der Waals surface area contributed by atoms with Crippen LogP contribution in [0.2, 0.25) is 0 Å². The number of hydrogen-bond acceptors (Lipinski definition) is 3. The average Bonchev–Trinajstić information content (AvgIpc) is 2.74. The number of nitrogens with one attached hydrogen (secondary N) is 1. The van der Waals surface area contributed by atoms with Gasteiger partial charge in [-0.05, 0) is 36.6 Å². The molecule has 136 valence electrons. The molecule has 3 aromatic rings. The zero-order valence-electron chi connectivity index (χ0n) is 15.5. The van der Waals surface area contributed by atoms with Crippen LogP contribution in [0.15, 0.2) is 66.7 Å². The molecule has 0 saturated heterocycles. The van der Waals surface area contributed by atoms with Crippen molar-refractivity contribution >= 4 is 28.3 Å². The summed E-state index contributed by atoms with van der Waals surface area (Å²) in [6.07, 6.45) is 6.21. The number of rotatable bonds is 4. The van der Waals surface area contributed by atoms with E-state index < -0.39 is 0 Å². The van der Waals surface area contributed by atoms with Crippen molar-refractivity contribution in [2.45, 2.75) is 19.8 Å². The van der Waals surface area contributed by atoms with Crippen molar-refractivity contribution in [2.24, 2.45) is 0 Å². The number of carbonyl (C=O) groups is 1. The molecule has 4 heteroatoms. The third-order valence-corrected chi connectivity index (χ3v) is 4.98. The first-order valence-electron chi connectivity index (χ1n) is 9.45. The molecule has 0 aliphatic carbocycles. The number of nitrogens with zero attached hydrogens (tertiary/aromatic N) is 2. The normalized spacial score (nSPS) is 13.7. The standard InChI is InChI=1S/C23H23N3O/c1-2-17-10-4-6-12-20(17)25-23(27)19-16-22(26-14-8-3-9-15-26)24-21-13-7-5-11-18(19)21/h3-8,10-13,16H,2,9,14-15H2,1H3,(H,25,27). The molecule has 0 atom stereocenters. The van der Waals surface area contributed by atoms with Gasteiger partial charge in [-0.15, -0.1) is 0 Å². The second kappa shape index (κ2) is 7.62. The summed E-state index contributed by atoms with van der Waals surface area (Å²) >= 11 is 0. The predicted octanol–water partition coefficient (Wildman–Crippen LogP) is 4.82. The number of hydrogen-bond donors (Lipinski definition) is 1. The van der Waals surface area contributed by atoms with Gasteiger partial charge < -0.3 is 10.2 Å². The van der Waals surface area contributed by atoms with Crippen LogP contribution in [-0.4, -0.2) is 24.0 Å². The lowest BCUT2D eigenvalue weighted by atomic mass is 10.1. The van der Waals surface area contributed by atoms with Crippen molar-refractivity contribution in [3.8, 4) is 0 Å². The first-order chi connectivity index (χ1) is 13.3. The second-order valence-corrected chi connectivity index (χ2v) is 6.72. The van der Waals surface area contributed by atoms with Crippen LogP contribution in [0.1, 0.15) is 29.3 Å². The number of fused-ring (bicyclic) bond motifs is 1. The Labute approximate surface area is 159 Å². The molecule has 1 aliphatic rings. The molecule has 0 saturated carbocycles. The fraction of sp³-hybridized carbons (Fsp3) is 0.217. The Kier molecular flexibility index (Phi) is 4.88. The molecule has 0 fully saturated rings. The summed E-state index contributed by atoms with van der Waals surface area (Å²) < 4.78 is 0. The molecule has 0 radical (unpaired) electrons. The SMILES string of the molecule is CCc1ccccc1NC(=O)c1cc(N2CC=CCC2)nc2ccccc12. The van der Waals surface area contributed by atoms with Crippen molar-refractivity contribution in [1.82, 2.24) is 4.98 Å². The molecule has 1 amide bonds. The molecular weight excluding hydrogens is 334 g/mol. The Morgan fingerprint density at radius 2 is 1.93 bits per heavy atom. The van der Waals surface area contributed by atoms with E-state index in [1.54, 1.807) is 0 Å². The van der Waals surface area contributed by atoms with Gasteiger partial charge >= 0.3 is 0 Å². The Morgan fingerprint density at radius 1 is 1.11 bits per heavy atom. The van der Waals surface area contributed by atoms with Crippen LogP contribution in [0, 0.1) is 0 Å². The van der Waals surface area contributed by atoms with Crippen LogP contribution >= 0.6 is 0 Å². The Balaban J connectivity index is 1.75.